The van der Waals surface area contributed by atoms with Crippen LogP contribution in [-0.2, 0) is 0 Å². The second kappa shape index (κ2) is 7.26. The summed E-state index contributed by atoms with van der Waals surface area (Å²) in [5, 5.41) is 12.1. The Morgan fingerprint density at radius 2 is 2.12 bits per heavy atom. The monoisotopic (exact) mass is 258 g/mol. The maximum absolute atomic E-state index is 8.35. The van der Waals surface area contributed by atoms with E-state index in [0.717, 1.165) is 25.8 Å². The summed E-state index contributed by atoms with van der Waals surface area (Å²) >= 11 is 11.5. The number of anilines is 1. The molecule has 0 aliphatic carbocycles. The highest BCUT2D eigenvalue weighted by Gasteiger charge is 2.02. The summed E-state index contributed by atoms with van der Waals surface area (Å²) in [5.41, 5.74) is 0. The van der Waals surface area contributed by atoms with Gasteiger partial charge < -0.3 is 5.32 Å². The molecule has 0 fully saturated rings. The number of aromatic nitrogens is 2. The summed E-state index contributed by atoms with van der Waals surface area (Å²) in [6.07, 6.45) is 4.99. The molecule has 0 spiro atoms. The maximum atomic E-state index is 8.35. The molecule has 0 unspecified atom stereocenters. The van der Waals surface area contributed by atoms with Gasteiger partial charge in [0.15, 0.2) is 0 Å². The number of nitrogens with zero attached hydrogens (tertiary/aromatic N) is 3. The first kappa shape index (κ1) is 13.0. The minimum atomic E-state index is 0.177. The molecule has 1 aromatic heterocycles. The van der Waals surface area contributed by atoms with Gasteiger partial charge in [-0.15, -0.1) is 0 Å². The van der Waals surface area contributed by atoms with Crippen LogP contribution < -0.4 is 5.32 Å². The van der Waals surface area contributed by atoms with E-state index in [0.29, 0.717) is 17.3 Å². The Hall–Kier alpha value is -1.05. The molecule has 1 rings (SSSR count). The van der Waals surface area contributed by atoms with Gasteiger partial charge in [0.05, 0.1) is 12.3 Å². The van der Waals surface area contributed by atoms with Gasteiger partial charge in [-0.25, -0.2) is 4.98 Å². The summed E-state index contributed by atoms with van der Waals surface area (Å²) in [7, 11) is 0. The van der Waals surface area contributed by atoms with Crippen LogP contribution >= 0.6 is 23.2 Å². The fraction of sp³-hybridized carbons (Fsp3) is 0.500. The molecule has 0 saturated heterocycles. The first-order valence-electron chi connectivity index (χ1n) is 5.03. The number of unbranched alkanes of at least 4 members (excludes halogenated alkanes) is 3. The number of rotatable bonds is 6. The molecular formula is C10H12Cl2N4. The highest BCUT2D eigenvalue weighted by molar-refractivity contribution is 6.33. The van der Waals surface area contributed by atoms with Gasteiger partial charge in [0.25, 0.3) is 0 Å². The van der Waals surface area contributed by atoms with Crippen LogP contribution in [0.5, 0.6) is 0 Å². The van der Waals surface area contributed by atoms with Crippen LogP contribution in [0.4, 0.5) is 5.82 Å². The first-order valence-corrected chi connectivity index (χ1v) is 5.78. The zero-order valence-electron chi connectivity index (χ0n) is 8.71. The van der Waals surface area contributed by atoms with E-state index < -0.39 is 0 Å². The van der Waals surface area contributed by atoms with Crippen molar-refractivity contribution in [2.45, 2.75) is 25.7 Å². The minimum absolute atomic E-state index is 0.177. The Morgan fingerprint density at radius 3 is 2.88 bits per heavy atom. The van der Waals surface area contributed by atoms with Crippen molar-refractivity contribution in [3.63, 3.8) is 0 Å². The fourth-order valence-corrected chi connectivity index (χ4v) is 1.47. The van der Waals surface area contributed by atoms with E-state index in [9.17, 15) is 0 Å². The number of nitriles is 1. The van der Waals surface area contributed by atoms with Crippen molar-refractivity contribution >= 4 is 29.0 Å². The lowest BCUT2D eigenvalue weighted by Gasteiger charge is -2.06. The van der Waals surface area contributed by atoms with E-state index in [1.165, 1.54) is 6.20 Å². The van der Waals surface area contributed by atoms with E-state index in [2.05, 4.69) is 21.4 Å². The third kappa shape index (κ3) is 4.65. The molecule has 0 aliphatic rings. The molecule has 0 bridgehead atoms. The van der Waals surface area contributed by atoms with Gasteiger partial charge in [-0.05, 0) is 24.4 Å². The number of hydrogen-bond acceptors (Lipinski definition) is 4. The summed E-state index contributed by atoms with van der Waals surface area (Å²) in [4.78, 5) is 7.72. The molecular weight excluding hydrogens is 247 g/mol. The van der Waals surface area contributed by atoms with Crippen LogP contribution in [0.1, 0.15) is 25.7 Å². The maximum Gasteiger partial charge on any atom is 0.224 e. The van der Waals surface area contributed by atoms with Crippen molar-refractivity contribution < 1.29 is 0 Å². The van der Waals surface area contributed by atoms with Crippen LogP contribution in [0.3, 0.4) is 0 Å². The van der Waals surface area contributed by atoms with Crippen molar-refractivity contribution in [2.75, 3.05) is 11.9 Å². The standard InChI is InChI=1S/C10H12Cl2N4/c11-8-7-15-10(12)16-9(8)14-6-4-2-1-3-5-13/h7H,1-4,6H2,(H,14,15,16). The highest BCUT2D eigenvalue weighted by atomic mass is 35.5. The van der Waals surface area contributed by atoms with Crippen LogP contribution in [-0.4, -0.2) is 16.5 Å². The highest BCUT2D eigenvalue weighted by Crippen LogP contribution is 2.19. The molecule has 4 nitrogen and oxygen atoms in total. The molecule has 0 aliphatic heterocycles. The van der Waals surface area contributed by atoms with Crippen molar-refractivity contribution in [1.29, 1.82) is 5.26 Å². The number of halogens is 2. The van der Waals surface area contributed by atoms with Crippen molar-refractivity contribution in [3.05, 3.63) is 16.5 Å². The normalized spacial score (nSPS) is 9.81. The van der Waals surface area contributed by atoms with Crippen LogP contribution in [0, 0.1) is 11.3 Å². The minimum Gasteiger partial charge on any atom is -0.369 e. The lowest BCUT2D eigenvalue weighted by Crippen LogP contribution is -2.04. The smallest absolute Gasteiger partial charge is 0.224 e. The first-order chi connectivity index (χ1) is 7.74. The Kier molecular flexibility index (Phi) is 5.91. The average molecular weight is 259 g/mol. The molecule has 0 saturated carbocycles. The molecule has 86 valence electrons. The molecule has 0 radical (unpaired) electrons. The Labute approximate surface area is 105 Å². The summed E-state index contributed by atoms with van der Waals surface area (Å²) in [6.45, 7) is 0.762. The fourth-order valence-electron chi connectivity index (χ4n) is 1.18. The van der Waals surface area contributed by atoms with Gasteiger partial charge >= 0.3 is 0 Å². The van der Waals surface area contributed by atoms with Crippen LogP contribution in [0.2, 0.25) is 10.3 Å². The van der Waals surface area contributed by atoms with Crippen molar-refractivity contribution in [2.24, 2.45) is 0 Å². The Bertz CT molecular complexity index is 376. The summed E-state index contributed by atoms with van der Waals surface area (Å²) < 4.78 is 0. The molecule has 0 aromatic carbocycles. The van der Waals surface area contributed by atoms with E-state index in [-0.39, 0.29) is 5.28 Å². The molecule has 1 N–H and O–H groups in total. The van der Waals surface area contributed by atoms with E-state index >= 15 is 0 Å². The zero-order valence-corrected chi connectivity index (χ0v) is 10.2. The van der Waals surface area contributed by atoms with Gasteiger partial charge in [-0.3, -0.25) is 0 Å². The molecule has 0 atom stereocenters. The van der Waals surface area contributed by atoms with Gasteiger partial charge in [-0.2, -0.15) is 10.2 Å². The largest absolute Gasteiger partial charge is 0.369 e. The second-order valence-corrected chi connectivity index (χ2v) is 3.98. The van der Waals surface area contributed by atoms with E-state index in [4.69, 9.17) is 28.5 Å². The van der Waals surface area contributed by atoms with Gasteiger partial charge in [0.2, 0.25) is 5.28 Å². The summed E-state index contributed by atoms with van der Waals surface area (Å²) in [6, 6.07) is 2.11. The molecule has 16 heavy (non-hydrogen) atoms. The SMILES string of the molecule is N#CCCCCCNc1nc(Cl)ncc1Cl. The zero-order chi connectivity index (χ0) is 11.8. The third-order valence-electron chi connectivity index (χ3n) is 1.97. The lowest BCUT2D eigenvalue weighted by molar-refractivity contribution is 0.711. The Balaban J connectivity index is 2.27. The van der Waals surface area contributed by atoms with Gasteiger partial charge in [-0.1, -0.05) is 18.0 Å². The lowest BCUT2D eigenvalue weighted by atomic mass is 10.2. The second-order valence-electron chi connectivity index (χ2n) is 3.23. The number of hydrogen-bond donors (Lipinski definition) is 1. The summed E-state index contributed by atoms with van der Waals surface area (Å²) in [5.74, 6) is 0.557. The quantitative estimate of drug-likeness (QED) is 0.629. The van der Waals surface area contributed by atoms with Gasteiger partial charge in [0.1, 0.15) is 10.8 Å². The van der Waals surface area contributed by atoms with E-state index in [1.807, 2.05) is 0 Å². The van der Waals surface area contributed by atoms with Crippen LogP contribution in [0.25, 0.3) is 0 Å². The van der Waals surface area contributed by atoms with Crippen molar-refractivity contribution in [1.82, 2.24) is 9.97 Å². The third-order valence-corrected chi connectivity index (χ3v) is 2.43. The number of nitrogens with one attached hydrogen (secondary N) is 1. The van der Waals surface area contributed by atoms with Gasteiger partial charge in [0, 0.05) is 13.0 Å². The predicted molar refractivity (Wildman–Crippen MR) is 64.6 cm³/mol. The predicted octanol–water partition coefficient (Wildman–Crippen LogP) is 3.28. The molecule has 1 aromatic rings. The average Bonchev–Trinajstić information content (AvgIpc) is 2.28. The van der Waals surface area contributed by atoms with E-state index in [1.54, 1.807) is 0 Å². The molecule has 0 amide bonds. The topological polar surface area (TPSA) is 61.6 Å². The molecule has 6 heteroatoms. The molecule has 1 heterocycles. The Morgan fingerprint density at radius 1 is 1.31 bits per heavy atom. The van der Waals surface area contributed by atoms with Crippen molar-refractivity contribution in [3.8, 4) is 6.07 Å². The van der Waals surface area contributed by atoms with Crippen LogP contribution in [0.15, 0.2) is 6.20 Å².